The highest BCUT2D eigenvalue weighted by Gasteiger charge is 2.47. The fourth-order valence-corrected chi connectivity index (χ4v) is 3.53. The van der Waals surface area contributed by atoms with Gasteiger partial charge in [0.2, 0.25) is 11.8 Å². The van der Waals surface area contributed by atoms with Gasteiger partial charge in [0.05, 0.1) is 6.17 Å². The molecule has 0 saturated carbocycles. The van der Waals surface area contributed by atoms with E-state index in [4.69, 9.17) is 0 Å². The van der Waals surface area contributed by atoms with Gasteiger partial charge < -0.3 is 10.6 Å². The van der Waals surface area contributed by atoms with E-state index >= 15 is 0 Å². The van der Waals surface area contributed by atoms with Crippen LogP contribution in [-0.2, 0) is 16.0 Å². The van der Waals surface area contributed by atoms with Gasteiger partial charge in [-0.1, -0.05) is 30.3 Å². The molecule has 6 nitrogen and oxygen atoms in total. The number of likely N-dealkylation sites (N-methyl/N-ethyl adjacent to an activating group) is 1. The molecule has 118 valence electrons. The van der Waals surface area contributed by atoms with E-state index in [2.05, 4.69) is 33.6 Å². The number of rotatable bonds is 4. The van der Waals surface area contributed by atoms with E-state index in [1.807, 2.05) is 18.2 Å². The highest BCUT2D eigenvalue weighted by atomic mass is 16.2. The summed E-state index contributed by atoms with van der Waals surface area (Å²) in [6, 6.07) is 9.94. The van der Waals surface area contributed by atoms with Crippen LogP contribution in [0.4, 0.5) is 0 Å². The van der Waals surface area contributed by atoms with Crippen LogP contribution in [0.2, 0.25) is 0 Å². The molecule has 1 aromatic carbocycles. The largest absolute Gasteiger partial charge is 0.358 e. The lowest BCUT2D eigenvalue weighted by atomic mass is 9.77. The zero-order valence-corrected chi connectivity index (χ0v) is 12.6. The third-order valence-electron chi connectivity index (χ3n) is 4.65. The molecule has 0 radical (unpaired) electrons. The van der Waals surface area contributed by atoms with Crippen molar-refractivity contribution in [2.45, 2.75) is 31.5 Å². The molecule has 0 aliphatic carbocycles. The van der Waals surface area contributed by atoms with Crippen LogP contribution in [0.3, 0.4) is 0 Å². The second kappa shape index (κ2) is 6.46. The third kappa shape index (κ3) is 2.98. The van der Waals surface area contributed by atoms with Gasteiger partial charge in [-0.05, 0) is 24.3 Å². The number of carbonyl (C=O) groups is 2. The van der Waals surface area contributed by atoms with Gasteiger partial charge in [0.25, 0.3) is 0 Å². The van der Waals surface area contributed by atoms with Crippen LogP contribution in [0.25, 0.3) is 0 Å². The standard InChI is InChI=1S/C16H22N4O2/c1-17-16(22)14-13-11(8-7-10-5-3-2-4-6-10)9-12(21)18-15(13)20-19-14/h2-6,11,13-15,19-20H,7-9H2,1H3,(H,17,22)(H,18,21). The monoisotopic (exact) mass is 302 g/mol. The molecule has 2 fully saturated rings. The minimum atomic E-state index is -0.309. The molecule has 2 aliphatic rings. The van der Waals surface area contributed by atoms with Crippen LogP contribution in [-0.4, -0.2) is 31.1 Å². The maximum Gasteiger partial charge on any atom is 0.238 e. The number of benzene rings is 1. The number of hydrazine groups is 1. The molecular formula is C16H22N4O2. The maximum atomic E-state index is 12.0. The molecule has 0 bridgehead atoms. The molecule has 6 heteroatoms. The number of carbonyl (C=O) groups excluding carboxylic acids is 2. The highest BCUT2D eigenvalue weighted by Crippen LogP contribution is 2.32. The molecule has 2 amide bonds. The third-order valence-corrected chi connectivity index (χ3v) is 4.65. The summed E-state index contributed by atoms with van der Waals surface area (Å²) < 4.78 is 0. The van der Waals surface area contributed by atoms with Crippen molar-refractivity contribution in [2.24, 2.45) is 11.8 Å². The smallest absolute Gasteiger partial charge is 0.238 e. The van der Waals surface area contributed by atoms with E-state index in [0.717, 1.165) is 12.8 Å². The van der Waals surface area contributed by atoms with Crippen LogP contribution in [0.15, 0.2) is 30.3 Å². The van der Waals surface area contributed by atoms with Gasteiger partial charge in [-0.3, -0.25) is 9.59 Å². The number of amides is 2. The second-order valence-corrected chi connectivity index (χ2v) is 5.99. The Morgan fingerprint density at radius 1 is 1.27 bits per heavy atom. The van der Waals surface area contributed by atoms with E-state index in [1.165, 1.54) is 5.56 Å². The Morgan fingerprint density at radius 3 is 2.77 bits per heavy atom. The molecule has 2 aliphatic heterocycles. The summed E-state index contributed by atoms with van der Waals surface area (Å²) in [6.45, 7) is 0. The lowest BCUT2D eigenvalue weighted by molar-refractivity contribution is -0.129. The molecule has 0 spiro atoms. The molecular weight excluding hydrogens is 280 g/mol. The van der Waals surface area contributed by atoms with Crippen molar-refractivity contribution in [3.8, 4) is 0 Å². The van der Waals surface area contributed by atoms with E-state index in [1.54, 1.807) is 7.05 Å². The molecule has 3 rings (SSSR count). The Bertz CT molecular complexity index is 548. The van der Waals surface area contributed by atoms with Crippen LogP contribution in [0.1, 0.15) is 18.4 Å². The Hall–Kier alpha value is -1.92. The first-order valence-electron chi connectivity index (χ1n) is 7.75. The first kappa shape index (κ1) is 15.0. The van der Waals surface area contributed by atoms with Gasteiger partial charge in [0.1, 0.15) is 6.04 Å². The first-order valence-corrected chi connectivity index (χ1v) is 7.75. The lowest BCUT2D eigenvalue weighted by Gasteiger charge is -2.35. The van der Waals surface area contributed by atoms with E-state index in [-0.39, 0.29) is 35.9 Å². The zero-order chi connectivity index (χ0) is 15.5. The van der Waals surface area contributed by atoms with Crippen molar-refractivity contribution in [1.82, 2.24) is 21.5 Å². The predicted octanol–water partition coefficient (Wildman–Crippen LogP) is -0.0800. The summed E-state index contributed by atoms with van der Waals surface area (Å²) in [5, 5.41) is 5.61. The van der Waals surface area contributed by atoms with Crippen molar-refractivity contribution in [2.75, 3.05) is 7.05 Å². The van der Waals surface area contributed by atoms with Gasteiger partial charge in [-0.15, -0.1) is 0 Å². The number of hydrogen-bond acceptors (Lipinski definition) is 4. The molecule has 22 heavy (non-hydrogen) atoms. The first-order chi connectivity index (χ1) is 10.7. The molecule has 4 atom stereocenters. The topological polar surface area (TPSA) is 82.3 Å². The summed E-state index contributed by atoms with van der Waals surface area (Å²) in [5.41, 5.74) is 7.33. The molecule has 0 aromatic heterocycles. The SMILES string of the molecule is CNC(=O)C1NNC2NC(=O)CC(CCc3ccccc3)C21. The highest BCUT2D eigenvalue weighted by molar-refractivity contribution is 5.83. The predicted molar refractivity (Wildman–Crippen MR) is 82.4 cm³/mol. The zero-order valence-electron chi connectivity index (χ0n) is 12.6. The van der Waals surface area contributed by atoms with Crippen molar-refractivity contribution < 1.29 is 9.59 Å². The Morgan fingerprint density at radius 2 is 2.05 bits per heavy atom. The maximum absolute atomic E-state index is 12.0. The van der Waals surface area contributed by atoms with Crippen LogP contribution >= 0.6 is 0 Å². The summed E-state index contributed by atoms with van der Waals surface area (Å²) in [4.78, 5) is 23.9. The van der Waals surface area contributed by atoms with E-state index in [9.17, 15) is 9.59 Å². The number of hydrogen-bond donors (Lipinski definition) is 4. The summed E-state index contributed by atoms with van der Waals surface area (Å²) >= 11 is 0. The van der Waals surface area contributed by atoms with E-state index < -0.39 is 0 Å². The van der Waals surface area contributed by atoms with Crippen LogP contribution < -0.4 is 21.5 Å². The molecule has 4 N–H and O–H groups in total. The average molecular weight is 302 g/mol. The second-order valence-electron chi connectivity index (χ2n) is 5.99. The minimum Gasteiger partial charge on any atom is -0.358 e. The molecule has 4 unspecified atom stereocenters. The fourth-order valence-electron chi connectivity index (χ4n) is 3.53. The Kier molecular flexibility index (Phi) is 4.40. The van der Waals surface area contributed by atoms with Crippen LogP contribution in [0.5, 0.6) is 0 Å². The number of piperidine rings is 1. The quantitative estimate of drug-likeness (QED) is 0.627. The average Bonchev–Trinajstić information content (AvgIpc) is 2.96. The number of fused-ring (bicyclic) bond motifs is 1. The normalized spacial score (nSPS) is 30.5. The van der Waals surface area contributed by atoms with Gasteiger partial charge >= 0.3 is 0 Å². The number of nitrogens with one attached hydrogen (secondary N) is 4. The Labute approximate surface area is 130 Å². The van der Waals surface area contributed by atoms with Crippen LogP contribution in [0, 0.1) is 11.8 Å². The van der Waals surface area contributed by atoms with Gasteiger partial charge in [0.15, 0.2) is 0 Å². The van der Waals surface area contributed by atoms with Crippen molar-refractivity contribution in [3.63, 3.8) is 0 Å². The van der Waals surface area contributed by atoms with Crippen molar-refractivity contribution in [3.05, 3.63) is 35.9 Å². The van der Waals surface area contributed by atoms with Gasteiger partial charge in [-0.25, -0.2) is 10.9 Å². The van der Waals surface area contributed by atoms with Gasteiger partial charge in [-0.2, -0.15) is 0 Å². The minimum absolute atomic E-state index is 0.0409. The summed E-state index contributed by atoms with van der Waals surface area (Å²) in [5.74, 6) is 0.261. The molecule has 1 aromatic rings. The molecule has 2 heterocycles. The fraction of sp³-hybridized carbons (Fsp3) is 0.500. The number of aryl methyl sites for hydroxylation is 1. The lowest BCUT2D eigenvalue weighted by Crippen LogP contribution is -2.54. The molecule has 2 saturated heterocycles. The van der Waals surface area contributed by atoms with Crippen molar-refractivity contribution >= 4 is 11.8 Å². The summed E-state index contributed by atoms with van der Waals surface area (Å²) in [7, 11) is 1.64. The van der Waals surface area contributed by atoms with E-state index in [0.29, 0.717) is 6.42 Å². The van der Waals surface area contributed by atoms with Crippen molar-refractivity contribution in [1.29, 1.82) is 0 Å². The summed E-state index contributed by atoms with van der Waals surface area (Å²) in [6.07, 6.45) is 2.12. The Balaban J connectivity index is 1.72. The van der Waals surface area contributed by atoms with Gasteiger partial charge in [0, 0.05) is 19.4 Å².